The third-order valence-electron chi connectivity index (χ3n) is 2.67. The van der Waals surface area contributed by atoms with Crippen LogP contribution in [0.3, 0.4) is 0 Å². The number of rotatable bonds is 5. The molecular weight excluding hydrogens is 268 g/mol. The van der Waals surface area contributed by atoms with Gasteiger partial charge in [0, 0.05) is 13.1 Å². The van der Waals surface area contributed by atoms with E-state index in [9.17, 15) is 18.4 Å². The summed E-state index contributed by atoms with van der Waals surface area (Å²) in [5.41, 5.74) is 4.36. The number of nitrogens with two attached hydrogens (primary N) is 1. The van der Waals surface area contributed by atoms with Crippen molar-refractivity contribution in [3.63, 3.8) is 0 Å². The lowest BCUT2D eigenvalue weighted by Gasteiger charge is -2.20. The number of halogens is 2. The van der Waals surface area contributed by atoms with Crippen LogP contribution in [0.25, 0.3) is 0 Å². The molecule has 0 saturated carbocycles. The summed E-state index contributed by atoms with van der Waals surface area (Å²) in [4.78, 5) is 24.7. The summed E-state index contributed by atoms with van der Waals surface area (Å²) >= 11 is 0. The van der Waals surface area contributed by atoms with E-state index < -0.39 is 28.8 Å². The molecule has 3 N–H and O–H groups in total. The number of carbonyl (C=O) groups excluding carboxylic acids is 2. The molecule has 0 radical (unpaired) electrons. The molecule has 0 heterocycles. The number of anilines is 1. The Balaban J connectivity index is 3.00. The van der Waals surface area contributed by atoms with Gasteiger partial charge in [-0.3, -0.25) is 9.59 Å². The van der Waals surface area contributed by atoms with Crippen molar-refractivity contribution in [2.24, 2.45) is 0 Å². The predicted molar refractivity (Wildman–Crippen MR) is 71.0 cm³/mol. The zero-order chi connectivity index (χ0) is 15.3. The standard InChI is InChI=1S/C13H17F2N3O2/c1-3-17-11(19)7-18(4-2)13(20)9-5-8(14)6-10(16)12(9)15/h5-6H,3-4,7,16H2,1-2H3,(H,17,19). The third kappa shape index (κ3) is 3.66. The van der Waals surface area contributed by atoms with Crippen LogP contribution in [0.15, 0.2) is 12.1 Å². The van der Waals surface area contributed by atoms with Crippen LogP contribution < -0.4 is 11.1 Å². The fourth-order valence-electron chi connectivity index (χ4n) is 1.69. The number of likely N-dealkylation sites (N-methyl/N-ethyl adjacent to an activating group) is 2. The largest absolute Gasteiger partial charge is 0.396 e. The summed E-state index contributed by atoms with van der Waals surface area (Å²) in [6, 6.07) is 1.57. The highest BCUT2D eigenvalue weighted by Crippen LogP contribution is 2.19. The van der Waals surface area contributed by atoms with E-state index in [-0.39, 0.29) is 19.0 Å². The molecule has 0 aliphatic rings. The van der Waals surface area contributed by atoms with Gasteiger partial charge in [0.15, 0.2) is 5.82 Å². The van der Waals surface area contributed by atoms with Crippen LogP contribution in [-0.2, 0) is 4.79 Å². The van der Waals surface area contributed by atoms with Crippen molar-refractivity contribution in [1.29, 1.82) is 0 Å². The first kappa shape index (κ1) is 15.9. The van der Waals surface area contributed by atoms with E-state index in [1.165, 1.54) is 0 Å². The van der Waals surface area contributed by atoms with Crippen LogP contribution in [-0.4, -0.2) is 36.3 Å². The fourth-order valence-corrected chi connectivity index (χ4v) is 1.69. The van der Waals surface area contributed by atoms with Gasteiger partial charge in [0.2, 0.25) is 5.91 Å². The van der Waals surface area contributed by atoms with Crippen molar-refractivity contribution in [3.05, 3.63) is 29.3 Å². The van der Waals surface area contributed by atoms with E-state index in [0.717, 1.165) is 17.0 Å². The Morgan fingerprint density at radius 1 is 1.30 bits per heavy atom. The van der Waals surface area contributed by atoms with Crippen LogP contribution in [0.4, 0.5) is 14.5 Å². The first-order valence-electron chi connectivity index (χ1n) is 6.21. The van der Waals surface area contributed by atoms with Gasteiger partial charge in [-0.2, -0.15) is 0 Å². The second-order valence-corrected chi connectivity index (χ2v) is 4.13. The minimum atomic E-state index is -0.981. The van der Waals surface area contributed by atoms with Gasteiger partial charge < -0.3 is 16.0 Å². The lowest BCUT2D eigenvalue weighted by atomic mass is 10.1. The van der Waals surface area contributed by atoms with E-state index in [0.29, 0.717) is 6.54 Å². The number of carbonyl (C=O) groups is 2. The smallest absolute Gasteiger partial charge is 0.257 e. The minimum Gasteiger partial charge on any atom is -0.396 e. The molecule has 0 unspecified atom stereocenters. The maximum Gasteiger partial charge on any atom is 0.257 e. The topological polar surface area (TPSA) is 75.4 Å². The van der Waals surface area contributed by atoms with Crippen LogP contribution in [0.1, 0.15) is 24.2 Å². The summed E-state index contributed by atoms with van der Waals surface area (Å²) in [5.74, 6) is -2.93. The number of benzene rings is 1. The van der Waals surface area contributed by atoms with Crippen LogP contribution in [0.2, 0.25) is 0 Å². The molecule has 0 atom stereocenters. The van der Waals surface area contributed by atoms with Gasteiger partial charge >= 0.3 is 0 Å². The summed E-state index contributed by atoms with van der Waals surface area (Å²) in [6.45, 7) is 3.76. The zero-order valence-electron chi connectivity index (χ0n) is 11.4. The highest BCUT2D eigenvalue weighted by Gasteiger charge is 2.22. The Morgan fingerprint density at radius 3 is 2.50 bits per heavy atom. The number of nitrogen functional groups attached to an aromatic ring is 1. The lowest BCUT2D eigenvalue weighted by Crippen LogP contribution is -2.40. The highest BCUT2D eigenvalue weighted by molar-refractivity contribution is 5.97. The summed E-state index contributed by atoms with van der Waals surface area (Å²) in [6.07, 6.45) is 0. The molecule has 1 rings (SSSR count). The number of amides is 2. The van der Waals surface area contributed by atoms with E-state index in [1.807, 2.05) is 0 Å². The van der Waals surface area contributed by atoms with Crippen LogP contribution >= 0.6 is 0 Å². The molecule has 0 aliphatic heterocycles. The van der Waals surface area contributed by atoms with Gasteiger partial charge in [-0.05, 0) is 26.0 Å². The fraction of sp³-hybridized carbons (Fsp3) is 0.385. The molecule has 1 aromatic rings. The second-order valence-electron chi connectivity index (χ2n) is 4.13. The van der Waals surface area contributed by atoms with Crippen molar-refractivity contribution in [3.8, 4) is 0 Å². The van der Waals surface area contributed by atoms with Gasteiger partial charge in [-0.25, -0.2) is 8.78 Å². The summed E-state index contributed by atoms with van der Waals surface area (Å²) in [5, 5.41) is 2.53. The van der Waals surface area contributed by atoms with E-state index in [1.54, 1.807) is 13.8 Å². The molecule has 7 heteroatoms. The van der Waals surface area contributed by atoms with Crippen molar-refractivity contribution >= 4 is 17.5 Å². The second kappa shape index (κ2) is 6.83. The molecule has 110 valence electrons. The van der Waals surface area contributed by atoms with Crippen molar-refractivity contribution in [2.75, 3.05) is 25.4 Å². The first-order valence-corrected chi connectivity index (χ1v) is 6.21. The van der Waals surface area contributed by atoms with Gasteiger partial charge in [-0.1, -0.05) is 0 Å². The number of hydrogen-bond acceptors (Lipinski definition) is 3. The van der Waals surface area contributed by atoms with E-state index in [4.69, 9.17) is 5.73 Å². The predicted octanol–water partition coefficient (Wildman–Crippen LogP) is 1.15. The lowest BCUT2D eigenvalue weighted by molar-refractivity contribution is -0.121. The average molecular weight is 285 g/mol. The maximum absolute atomic E-state index is 13.8. The molecule has 0 aromatic heterocycles. The zero-order valence-corrected chi connectivity index (χ0v) is 11.4. The molecule has 5 nitrogen and oxygen atoms in total. The van der Waals surface area contributed by atoms with E-state index in [2.05, 4.69) is 5.32 Å². The quantitative estimate of drug-likeness (QED) is 0.797. The Kier molecular flexibility index (Phi) is 5.42. The van der Waals surface area contributed by atoms with E-state index >= 15 is 0 Å². The first-order chi connectivity index (χ1) is 9.40. The normalized spacial score (nSPS) is 10.2. The van der Waals surface area contributed by atoms with Crippen LogP contribution in [0, 0.1) is 11.6 Å². The Hall–Kier alpha value is -2.18. The van der Waals surface area contributed by atoms with Gasteiger partial charge in [-0.15, -0.1) is 0 Å². The van der Waals surface area contributed by atoms with Crippen molar-refractivity contribution in [1.82, 2.24) is 10.2 Å². The molecule has 0 fully saturated rings. The highest BCUT2D eigenvalue weighted by atomic mass is 19.1. The van der Waals surface area contributed by atoms with Gasteiger partial charge in [0.1, 0.15) is 5.82 Å². The molecule has 1 aromatic carbocycles. The molecule has 0 aliphatic carbocycles. The number of hydrogen-bond donors (Lipinski definition) is 2. The molecule has 0 spiro atoms. The molecular formula is C13H17F2N3O2. The van der Waals surface area contributed by atoms with Crippen molar-refractivity contribution < 1.29 is 18.4 Å². The number of nitrogens with zero attached hydrogens (tertiary/aromatic N) is 1. The van der Waals surface area contributed by atoms with Gasteiger partial charge in [0.05, 0.1) is 17.8 Å². The summed E-state index contributed by atoms with van der Waals surface area (Å²) < 4.78 is 27.0. The van der Waals surface area contributed by atoms with Crippen molar-refractivity contribution in [2.45, 2.75) is 13.8 Å². The average Bonchev–Trinajstić information content (AvgIpc) is 2.39. The molecule has 0 saturated heterocycles. The Morgan fingerprint density at radius 2 is 1.95 bits per heavy atom. The minimum absolute atomic E-state index is 0.186. The number of nitrogens with one attached hydrogen (secondary N) is 1. The Bertz CT molecular complexity index is 521. The molecule has 0 bridgehead atoms. The van der Waals surface area contributed by atoms with Gasteiger partial charge in [0.25, 0.3) is 5.91 Å². The molecule has 2 amide bonds. The SMILES string of the molecule is CCNC(=O)CN(CC)C(=O)c1cc(F)cc(N)c1F. The monoisotopic (exact) mass is 285 g/mol. The molecule has 20 heavy (non-hydrogen) atoms. The van der Waals surface area contributed by atoms with Crippen LogP contribution in [0.5, 0.6) is 0 Å². The summed E-state index contributed by atoms with van der Waals surface area (Å²) in [7, 11) is 0. The third-order valence-corrected chi connectivity index (χ3v) is 2.67. The maximum atomic E-state index is 13.8. The Labute approximate surface area is 115 Å².